The molecule has 0 atom stereocenters. The topological polar surface area (TPSA) is 71.4 Å². The summed E-state index contributed by atoms with van der Waals surface area (Å²) < 4.78 is 23.1. The van der Waals surface area contributed by atoms with Gasteiger partial charge in [0.1, 0.15) is 0 Å². The standard InChI is InChI=1S/C12H16O4S/c1-2-17(15,16)11-8-6-10(7-9-11)4-3-5-12(13)14/h6-9H,2-5H2,1H3,(H,13,14). The lowest BCUT2D eigenvalue weighted by atomic mass is 10.1. The molecule has 1 N–H and O–H groups in total. The molecule has 94 valence electrons. The highest BCUT2D eigenvalue weighted by Gasteiger charge is 2.10. The number of hydrogen-bond donors (Lipinski definition) is 1. The molecule has 0 saturated carbocycles. The summed E-state index contributed by atoms with van der Waals surface area (Å²) in [7, 11) is -3.14. The van der Waals surface area contributed by atoms with E-state index < -0.39 is 15.8 Å². The molecule has 0 spiro atoms. The number of benzene rings is 1. The third kappa shape index (κ3) is 4.19. The van der Waals surface area contributed by atoms with Gasteiger partial charge in [-0.2, -0.15) is 0 Å². The van der Waals surface area contributed by atoms with Gasteiger partial charge in [0.25, 0.3) is 0 Å². The summed E-state index contributed by atoms with van der Waals surface area (Å²) in [6, 6.07) is 6.64. The fourth-order valence-corrected chi connectivity index (χ4v) is 2.36. The molecule has 0 amide bonds. The quantitative estimate of drug-likeness (QED) is 0.843. The Labute approximate surface area is 101 Å². The van der Waals surface area contributed by atoms with E-state index in [-0.39, 0.29) is 12.2 Å². The summed E-state index contributed by atoms with van der Waals surface area (Å²) in [6.45, 7) is 1.61. The zero-order valence-corrected chi connectivity index (χ0v) is 10.5. The number of carboxylic acids is 1. The molecule has 1 rings (SSSR count). The normalized spacial score (nSPS) is 11.4. The van der Waals surface area contributed by atoms with Crippen LogP contribution >= 0.6 is 0 Å². The molecule has 0 unspecified atom stereocenters. The minimum absolute atomic E-state index is 0.0887. The van der Waals surface area contributed by atoms with E-state index in [1.165, 1.54) is 0 Å². The Bertz CT molecular complexity index is 474. The molecule has 0 aromatic heterocycles. The molecular formula is C12H16O4S. The van der Waals surface area contributed by atoms with Gasteiger partial charge in [-0.25, -0.2) is 8.42 Å². The molecule has 0 aliphatic rings. The van der Waals surface area contributed by atoms with Crippen LogP contribution in [-0.4, -0.2) is 25.2 Å². The number of hydrogen-bond acceptors (Lipinski definition) is 3. The van der Waals surface area contributed by atoms with Gasteiger partial charge in [-0.15, -0.1) is 0 Å². The monoisotopic (exact) mass is 256 g/mol. The maximum absolute atomic E-state index is 11.5. The van der Waals surface area contributed by atoms with Crippen molar-refractivity contribution in [3.05, 3.63) is 29.8 Å². The van der Waals surface area contributed by atoms with Gasteiger partial charge in [0.15, 0.2) is 9.84 Å². The number of sulfone groups is 1. The van der Waals surface area contributed by atoms with Gasteiger partial charge >= 0.3 is 5.97 Å². The smallest absolute Gasteiger partial charge is 0.303 e. The van der Waals surface area contributed by atoms with Gasteiger partial charge in [-0.1, -0.05) is 19.1 Å². The predicted octanol–water partition coefficient (Wildman–Crippen LogP) is 1.89. The molecule has 0 bridgehead atoms. The van der Waals surface area contributed by atoms with Crippen molar-refractivity contribution >= 4 is 15.8 Å². The molecule has 1 aromatic carbocycles. The largest absolute Gasteiger partial charge is 0.481 e. The molecule has 1 aromatic rings. The predicted molar refractivity (Wildman–Crippen MR) is 64.7 cm³/mol. The first-order valence-corrected chi connectivity index (χ1v) is 7.14. The first-order valence-electron chi connectivity index (χ1n) is 5.49. The van der Waals surface area contributed by atoms with Crippen molar-refractivity contribution in [2.45, 2.75) is 31.1 Å². The fraction of sp³-hybridized carbons (Fsp3) is 0.417. The van der Waals surface area contributed by atoms with E-state index in [1.54, 1.807) is 31.2 Å². The summed E-state index contributed by atoms with van der Waals surface area (Å²) in [5, 5.41) is 8.49. The van der Waals surface area contributed by atoms with Crippen LogP contribution in [0.1, 0.15) is 25.3 Å². The highest BCUT2D eigenvalue weighted by Crippen LogP contribution is 2.13. The van der Waals surface area contributed by atoms with E-state index >= 15 is 0 Å². The Morgan fingerprint density at radius 1 is 1.24 bits per heavy atom. The van der Waals surface area contributed by atoms with Crippen LogP contribution in [0.3, 0.4) is 0 Å². The molecule has 0 fully saturated rings. The first kappa shape index (κ1) is 13.7. The van der Waals surface area contributed by atoms with Gasteiger partial charge < -0.3 is 5.11 Å². The first-order chi connectivity index (χ1) is 7.95. The highest BCUT2D eigenvalue weighted by atomic mass is 32.2. The van der Waals surface area contributed by atoms with Gasteiger partial charge in [0, 0.05) is 6.42 Å². The summed E-state index contributed by atoms with van der Waals surface area (Å²) in [5.41, 5.74) is 0.960. The van der Waals surface area contributed by atoms with E-state index in [2.05, 4.69) is 0 Å². The highest BCUT2D eigenvalue weighted by molar-refractivity contribution is 7.91. The fourth-order valence-electron chi connectivity index (χ4n) is 1.47. The summed E-state index contributed by atoms with van der Waals surface area (Å²) in [5.74, 6) is -0.721. The van der Waals surface area contributed by atoms with Crippen LogP contribution < -0.4 is 0 Å². The second-order valence-corrected chi connectivity index (χ2v) is 6.07. The minimum atomic E-state index is -3.14. The Morgan fingerprint density at radius 3 is 2.29 bits per heavy atom. The van der Waals surface area contributed by atoms with Crippen molar-refractivity contribution in [3.8, 4) is 0 Å². The Morgan fingerprint density at radius 2 is 1.82 bits per heavy atom. The van der Waals surface area contributed by atoms with Crippen LogP contribution in [0.15, 0.2) is 29.2 Å². The lowest BCUT2D eigenvalue weighted by molar-refractivity contribution is -0.137. The zero-order chi connectivity index (χ0) is 12.9. The molecule has 17 heavy (non-hydrogen) atoms. The lowest BCUT2D eigenvalue weighted by Gasteiger charge is -2.03. The van der Waals surface area contributed by atoms with E-state index in [0.29, 0.717) is 17.7 Å². The Kier molecular flexibility index (Phi) is 4.69. The van der Waals surface area contributed by atoms with E-state index in [0.717, 1.165) is 5.56 Å². The summed E-state index contributed by atoms with van der Waals surface area (Å²) >= 11 is 0. The maximum Gasteiger partial charge on any atom is 0.303 e. The molecular weight excluding hydrogens is 240 g/mol. The average molecular weight is 256 g/mol. The SMILES string of the molecule is CCS(=O)(=O)c1ccc(CCCC(=O)O)cc1. The molecule has 0 radical (unpaired) electrons. The Hall–Kier alpha value is -1.36. The summed E-state index contributed by atoms with van der Waals surface area (Å²) in [6.07, 6.45) is 1.35. The lowest BCUT2D eigenvalue weighted by Crippen LogP contribution is -2.03. The van der Waals surface area contributed by atoms with Crippen LogP contribution in [0.25, 0.3) is 0 Å². The van der Waals surface area contributed by atoms with Crippen LogP contribution in [0.2, 0.25) is 0 Å². The van der Waals surface area contributed by atoms with Crippen molar-refractivity contribution in [2.75, 3.05) is 5.75 Å². The van der Waals surface area contributed by atoms with Crippen LogP contribution in [0.4, 0.5) is 0 Å². The second-order valence-electron chi connectivity index (χ2n) is 3.79. The van der Waals surface area contributed by atoms with E-state index in [9.17, 15) is 13.2 Å². The van der Waals surface area contributed by atoms with Crippen LogP contribution in [-0.2, 0) is 21.1 Å². The van der Waals surface area contributed by atoms with Crippen molar-refractivity contribution in [3.63, 3.8) is 0 Å². The van der Waals surface area contributed by atoms with E-state index in [4.69, 9.17) is 5.11 Å². The van der Waals surface area contributed by atoms with E-state index in [1.807, 2.05) is 0 Å². The maximum atomic E-state index is 11.5. The number of aliphatic carboxylic acids is 1. The Balaban J connectivity index is 2.66. The molecule has 0 aliphatic heterocycles. The van der Waals surface area contributed by atoms with Crippen LogP contribution in [0, 0.1) is 0 Å². The number of rotatable bonds is 6. The molecule has 4 nitrogen and oxygen atoms in total. The molecule has 0 saturated heterocycles. The van der Waals surface area contributed by atoms with Crippen LogP contribution in [0.5, 0.6) is 0 Å². The number of aryl methyl sites for hydroxylation is 1. The minimum Gasteiger partial charge on any atom is -0.481 e. The third-order valence-corrected chi connectivity index (χ3v) is 4.27. The average Bonchev–Trinajstić information content (AvgIpc) is 2.29. The van der Waals surface area contributed by atoms with Gasteiger partial charge in [-0.05, 0) is 30.5 Å². The molecule has 0 heterocycles. The number of carbonyl (C=O) groups is 1. The van der Waals surface area contributed by atoms with Gasteiger partial charge in [0.2, 0.25) is 0 Å². The number of carboxylic acid groups (broad SMARTS) is 1. The molecule has 0 aliphatic carbocycles. The molecule has 5 heteroatoms. The summed E-state index contributed by atoms with van der Waals surface area (Å²) in [4.78, 5) is 10.7. The van der Waals surface area contributed by atoms with Gasteiger partial charge in [0.05, 0.1) is 10.6 Å². The second kappa shape index (κ2) is 5.82. The van der Waals surface area contributed by atoms with Crippen molar-refractivity contribution in [1.29, 1.82) is 0 Å². The van der Waals surface area contributed by atoms with Gasteiger partial charge in [-0.3, -0.25) is 4.79 Å². The van der Waals surface area contributed by atoms with Crippen molar-refractivity contribution < 1.29 is 18.3 Å². The van der Waals surface area contributed by atoms with Crippen molar-refractivity contribution in [1.82, 2.24) is 0 Å². The zero-order valence-electron chi connectivity index (χ0n) is 9.72. The third-order valence-electron chi connectivity index (χ3n) is 2.52. The van der Waals surface area contributed by atoms with Crippen molar-refractivity contribution in [2.24, 2.45) is 0 Å².